The van der Waals surface area contributed by atoms with Crippen LogP contribution in [0.3, 0.4) is 0 Å². The van der Waals surface area contributed by atoms with Crippen molar-refractivity contribution in [3.05, 3.63) is 24.4 Å². The van der Waals surface area contributed by atoms with Crippen LogP contribution in [0.1, 0.15) is 34.6 Å². The van der Waals surface area contributed by atoms with Gasteiger partial charge in [0, 0.05) is 16.8 Å². The Hall–Kier alpha value is -0.850. The quantitative estimate of drug-likeness (QED) is 0.554. The van der Waals surface area contributed by atoms with Gasteiger partial charge < -0.3 is 0 Å². The Bertz CT molecular complexity index is 214. The third kappa shape index (κ3) is 4.12. The van der Waals surface area contributed by atoms with Gasteiger partial charge >= 0.3 is 0 Å². The summed E-state index contributed by atoms with van der Waals surface area (Å²) < 4.78 is 0. The van der Waals surface area contributed by atoms with Crippen molar-refractivity contribution in [1.82, 2.24) is 0 Å². The first-order chi connectivity index (χ1) is 5.38. The topological polar surface area (TPSA) is 12.4 Å². The Morgan fingerprint density at radius 3 is 2.08 bits per heavy atom. The Kier molecular flexibility index (Phi) is 3.94. The number of rotatable bonds is 2. The molecule has 0 rings (SSSR count). The molecule has 1 heteroatoms. The first-order valence-corrected chi connectivity index (χ1v) is 4.25. The summed E-state index contributed by atoms with van der Waals surface area (Å²) in [4.78, 5) is 4.37. The van der Waals surface area contributed by atoms with Gasteiger partial charge in [0.1, 0.15) is 0 Å². The highest BCUT2D eigenvalue weighted by molar-refractivity contribution is 5.99. The Morgan fingerprint density at radius 1 is 1.33 bits per heavy atom. The van der Waals surface area contributed by atoms with E-state index in [1.54, 1.807) is 0 Å². The first kappa shape index (κ1) is 11.2. The maximum atomic E-state index is 4.37. The van der Waals surface area contributed by atoms with Gasteiger partial charge in [0.15, 0.2) is 0 Å². The molecule has 0 atom stereocenters. The molecule has 0 heterocycles. The maximum absolute atomic E-state index is 4.37. The minimum Gasteiger partial charge on any atom is -0.258 e. The van der Waals surface area contributed by atoms with Crippen molar-refractivity contribution in [2.45, 2.75) is 34.6 Å². The van der Waals surface area contributed by atoms with Crippen molar-refractivity contribution in [2.24, 2.45) is 10.4 Å². The highest BCUT2D eigenvalue weighted by Crippen LogP contribution is 2.18. The number of allylic oxidation sites excluding steroid dienone is 3. The molecule has 0 aromatic heterocycles. The fourth-order valence-corrected chi connectivity index (χ4v) is 0.818. The third-order valence-electron chi connectivity index (χ3n) is 1.40. The molecule has 0 radical (unpaired) electrons. The van der Waals surface area contributed by atoms with Crippen LogP contribution in [0, 0.1) is 5.41 Å². The SMILES string of the molecule is C=C(C)/N=C(\C=C/C)C(C)(C)C. The van der Waals surface area contributed by atoms with E-state index in [1.807, 2.05) is 26.0 Å². The van der Waals surface area contributed by atoms with Gasteiger partial charge in [-0.15, -0.1) is 0 Å². The van der Waals surface area contributed by atoms with Crippen molar-refractivity contribution < 1.29 is 0 Å². The fourth-order valence-electron chi connectivity index (χ4n) is 0.818. The van der Waals surface area contributed by atoms with Crippen molar-refractivity contribution in [3.63, 3.8) is 0 Å². The number of nitrogens with zero attached hydrogens (tertiary/aromatic N) is 1. The minimum absolute atomic E-state index is 0.103. The van der Waals surface area contributed by atoms with E-state index in [4.69, 9.17) is 0 Å². The largest absolute Gasteiger partial charge is 0.258 e. The van der Waals surface area contributed by atoms with Crippen molar-refractivity contribution >= 4 is 5.71 Å². The highest BCUT2D eigenvalue weighted by atomic mass is 14.8. The van der Waals surface area contributed by atoms with E-state index in [9.17, 15) is 0 Å². The first-order valence-electron chi connectivity index (χ1n) is 4.25. The van der Waals surface area contributed by atoms with Gasteiger partial charge in [-0.1, -0.05) is 33.4 Å². The minimum atomic E-state index is 0.103. The van der Waals surface area contributed by atoms with Gasteiger partial charge in [-0.05, 0) is 19.9 Å². The molecule has 0 amide bonds. The lowest BCUT2D eigenvalue weighted by molar-refractivity contribution is 0.593. The summed E-state index contributed by atoms with van der Waals surface area (Å²) in [5.74, 6) is 0. The monoisotopic (exact) mass is 165 g/mol. The molecule has 12 heavy (non-hydrogen) atoms. The molecule has 0 aliphatic heterocycles. The molecule has 1 nitrogen and oxygen atoms in total. The van der Waals surface area contributed by atoms with Gasteiger partial charge in [0.2, 0.25) is 0 Å². The molecule has 0 spiro atoms. The van der Waals surface area contributed by atoms with Crippen LogP contribution in [-0.2, 0) is 0 Å². The lowest BCUT2D eigenvalue weighted by atomic mass is 9.89. The summed E-state index contributed by atoms with van der Waals surface area (Å²) in [6.45, 7) is 14.1. The highest BCUT2D eigenvalue weighted by Gasteiger charge is 2.15. The van der Waals surface area contributed by atoms with Gasteiger partial charge in [0.05, 0.1) is 0 Å². The summed E-state index contributed by atoms with van der Waals surface area (Å²) in [6, 6.07) is 0. The lowest BCUT2D eigenvalue weighted by Crippen LogP contribution is -2.18. The van der Waals surface area contributed by atoms with Gasteiger partial charge in [0.25, 0.3) is 0 Å². The van der Waals surface area contributed by atoms with E-state index < -0.39 is 0 Å². The predicted molar refractivity (Wildman–Crippen MR) is 56.5 cm³/mol. The van der Waals surface area contributed by atoms with Crippen LogP contribution in [0.5, 0.6) is 0 Å². The average Bonchev–Trinajstić information content (AvgIpc) is 1.83. The maximum Gasteiger partial charge on any atom is 0.0456 e. The molecular weight excluding hydrogens is 146 g/mol. The van der Waals surface area contributed by atoms with Gasteiger partial charge in [-0.2, -0.15) is 0 Å². The number of hydrogen-bond donors (Lipinski definition) is 0. The normalized spacial score (nSPS) is 13.9. The van der Waals surface area contributed by atoms with Gasteiger partial charge in [-0.25, -0.2) is 0 Å². The van der Waals surface area contributed by atoms with Crippen LogP contribution in [0.4, 0.5) is 0 Å². The molecule has 0 unspecified atom stereocenters. The van der Waals surface area contributed by atoms with Crippen molar-refractivity contribution in [1.29, 1.82) is 0 Å². The number of aliphatic imine (C=N–C) groups is 1. The van der Waals surface area contributed by atoms with Crippen LogP contribution in [0.15, 0.2) is 29.4 Å². The molecule has 0 aromatic carbocycles. The van der Waals surface area contributed by atoms with Crippen molar-refractivity contribution in [2.75, 3.05) is 0 Å². The molecule has 0 N–H and O–H groups in total. The van der Waals surface area contributed by atoms with Crippen LogP contribution < -0.4 is 0 Å². The second-order valence-corrected chi connectivity index (χ2v) is 3.98. The fraction of sp³-hybridized carbons (Fsp3) is 0.545. The molecular formula is C11H19N. The second kappa shape index (κ2) is 4.24. The summed E-state index contributed by atoms with van der Waals surface area (Å²) in [5, 5.41) is 0. The summed E-state index contributed by atoms with van der Waals surface area (Å²) in [5.41, 5.74) is 2.04. The zero-order valence-electron chi connectivity index (χ0n) is 8.81. The standard InChI is InChI=1S/C11H19N/c1-7-8-10(11(4,5)6)12-9(2)3/h7-8H,2H2,1,3-6H3/b8-7-,12-10+. The second-order valence-electron chi connectivity index (χ2n) is 3.98. The molecule has 0 saturated carbocycles. The summed E-state index contributed by atoms with van der Waals surface area (Å²) >= 11 is 0. The summed E-state index contributed by atoms with van der Waals surface area (Å²) in [6.07, 6.45) is 4.04. The van der Waals surface area contributed by atoms with E-state index in [1.165, 1.54) is 0 Å². The van der Waals surface area contributed by atoms with Gasteiger partial charge in [-0.3, -0.25) is 4.99 Å². The zero-order valence-corrected chi connectivity index (χ0v) is 8.81. The van der Waals surface area contributed by atoms with E-state index in [-0.39, 0.29) is 5.41 Å². The van der Waals surface area contributed by atoms with E-state index in [0.717, 1.165) is 11.4 Å². The molecule has 0 bridgehead atoms. The molecule has 0 fully saturated rings. The summed E-state index contributed by atoms with van der Waals surface area (Å²) in [7, 11) is 0. The Labute approximate surface area is 75.9 Å². The molecule has 68 valence electrons. The van der Waals surface area contributed by atoms with E-state index in [2.05, 4.69) is 32.3 Å². The predicted octanol–water partition coefficient (Wildman–Crippen LogP) is 3.58. The molecule has 0 aliphatic rings. The third-order valence-corrected chi connectivity index (χ3v) is 1.40. The van der Waals surface area contributed by atoms with Crippen LogP contribution in [0.25, 0.3) is 0 Å². The Morgan fingerprint density at radius 2 is 1.83 bits per heavy atom. The van der Waals surface area contributed by atoms with Crippen LogP contribution in [-0.4, -0.2) is 5.71 Å². The molecule has 0 aliphatic carbocycles. The van der Waals surface area contributed by atoms with E-state index >= 15 is 0 Å². The lowest BCUT2D eigenvalue weighted by Gasteiger charge is -2.18. The smallest absolute Gasteiger partial charge is 0.0456 e. The van der Waals surface area contributed by atoms with Crippen LogP contribution >= 0.6 is 0 Å². The molecule has 0 saturated heterocycles. The zero-order chi connectivity index (χ0) is 9.78. The van der Waals surface area contributed by atoms with E-state index in [0.29, 0.717) is 0 Å². The molecule has 0 aromatic rings. The van der Waals surface area contributed by atoms with Crippen LogP contribution in [0.2, 0.25) is 0 Å². The average molecular weight is 165 g/mol. The Balaban J connectivity index is 4.80. The number of hydrogen-bond acceptors (Lipinski definition) is 1. The van der Waals surface area contributed by atoms with Crippen molar-refractivity contribution in [3.8, 4) is 0 Å².